The van der Waals surface area contributed by atoms with Gasteiger partial charge >= 0.3 is 5.97 Å². The Bertz CT molecular complexity index is 1220. The fourth-order valence-electron chi connectivity index (χ4n) is 2.93. The maximum absolute atomic E-state index is 12.2. The van der Waals surface area contributed by atoms with Crippen molar-refractivity contribution in [3.8, 4) is 11.5 Å². The first-order chi connectivity index (χ1) is 15.1. The van der Waals surface area contributed by atoms with Crippen molar-refractivity contribution in [3.05, 3.63) is 96.2 Å². The molecule has 6 heteroatoms. The molecule has 4 rings (SSSR count). The number of hydrogen-bond donors (Lipinski definition) is 1. The molecule has 6 nitrogen and oxygen atoms in total. The smallest absolute Gasteiger partial charge is 0.357 e. The molecule has 0 aliphatic carbocycles. The van der Waals surface area contributed by atoms with Crippen LogP contribution < -0.4 is 10.1 Å². The summed E-state index contributed by atoms with van der Waals surface area (Å²) < 4.78 is 10.8. The number of para-hydroxylation sites is 1. The van der Waals surface area contributed by atoms with E-state index in [2.05, 4.69) is 10.3 Å². The number of carbonyl (C=O) groups excluding carboxylic acids is 2. The number of rotatable bonds is 6. The van der Waals surface area contributed by atoms with Gasteiger partial charge in [-0.15, -0.1) is 0 Å². The van der Waals surface area contributed by atoms with Crippen LogP contribution in [0, 0.1) is 6.92 Å². The summed E-state index contributed by atoms with van der Waals surface area (Å²) in [5.74, 6) is 0.288. The molecule has 0 fully saturated rings. The number of fused-ring (bicyclic) bond motifs is 1. The van der Waals surface area contributed by atoms with Gasteiger partial charge in [-0.1, -0.05) is 42.0 Å². The summed E-state index contributed by atoms with van der Waals surface area (Å²) in [6.07, 6.45) is 0. The predicted octanol–water partition coefficient (Wildman–Crippen LogP) is 5.13. The monoisotopic (exact) mass is 412 g/mol. The average Bonchev–Trinajstić information content (AvgIpc) is 2.80. The standard InChI is InChI=1S/C25H20N2O4/c1-17-6-11-20(12-7-17)31-21-13-9-19(10-14-21)26-24(28)16-30-25(29)23-15-8-18-4-2-3-5-22(18)27-23/h2-15H,16H2,1H3,(H,26,28). The molecule has 0 aliphatic heterocycles. The van der Waals surface area contributed by atoms with Gasteiger partial charge in [-0.25, -0.2) is 9.78 Å². The fourth-order valence-corrected chi connectivity index (χ4v) is 2.93. The summed E-state index contributed by atoms with van der Waals surface area (Å²) in [5, 5.41) is 3.61. The Balaban J connectivity index is 1.29. The molecule has 1 aromatic heterocycles. The first kappa shape index (κ1) is 20.1. The molecule has 154 valence electrons. The number of anilines is 1. The van der Waals surface area contributed by atoms with Gasteiger partial charge in [-0.05, 0) is 55.5 Å². The van der Waals surface area contributed by atoms with Crippen LogP contribution in [0.2, 0.25) is 0 Å². The van der Waals surface area contributed by atoms with Crippen molar-refractivity contribution in [1.29, 1.82) is 0 Å². The number of benzene rings is 3. The van der Waals surface area contributed by atoms with Crippen molar-refractivity contribution in [2.45, 2.75) is 6.92 Å². The molecule has 1 N–H and O–H groups in total. The third-order valence-electron chi connectivity index (χ3n) is 4.54. The maximum atomic E-state index is 12.2. The Labute approximate surface area is 179 Å². The average molecular weight is 412 g/mol. The second-order valence-electron chi connectivity index (χ2n) is 6.95. The number of esters is 1. The van der Waals surface area contributed by atoms with Crippen LogP contribution >= 0.6 is 0 Å². The highest BCUT2D eigenvalue weighted by molar-refractivity contribution is 5.95. The minimum absolute atomic E-state index is 0.157. The summed E-state index contributed by atoms with van der Waals surface area (Å²) in [5.41, 5.74) is 2.57. The van der Waals surface area contributed by atoms with E-state index < -0.39 is 18.5 Å². The van der Waals surface area contributed by atoms with E-state index in [1.54, 1.807) is 36.4 Å². The molecule has 0 atom stereocenters. The van der Waals surface area contributed by atoms with E-state index in [1.807, 2.05) is 55.5 Å². The lowest BCUT2D eigenvalue weighted by atomic mass is 10.2. The van der Waals surface area contributed by atoms with Gasteiger partial charge in [0.2, 0.25) is 0 Å². The van der Waals surface area contributed by atoms with Crippen LogP contribution in [-0.2, 0) is 9.53 Å². The van der Waals surface area contributed by atoms with Crippen LogP contribution in [0.1, 0.15) is 16.1 Å². The van der Waals surface area contributed by atoms with E-state index >= 15 is 0 Å². The molecule has 0 spiro atoms. The highest BCUT2D eigenvalue weighted by atomic mass is 16.5. The van der Waals surface area contributed by atoms with Gasteiger partial charge in [0.1, 0.15) is 17.2 Å². The Morgan fingerprint density at radius 1 is 0.839 bits per heavy atom. The summed E-state index contributed by atoms with van der Waals surface area (Å²) in [7, 11) is 0. The predicted molar refractivity (Wildman–Crippen MR) is 118 cm³/mol. The third kappa shape index (κ3) is 5.25. The number of ether oxygens (including phenoxy) is 2. The molecule has 0 bridgehead atoms. The molecule has 0 saturated heterocycles. The second-order valence-corrected chi connectivity index (χ2v) is 6.95. The minimum Gasteiger partial charge on any atom is -0.457 e. The lowest BCUT2D eigenvalue weighted by Crippen LogP contribution is -2.21. The van der Waals surface area contributed by atoms with Crippen molar-refractivity contribution in [2.75, 3.05) is 11.9 Å². The van der Waals surface area contributed by atoms with Gasteiger partial charge in [-0.3, -0.25) is 4.79 Å². The first-order valence-electron chi connectivity index (χ1n) is 9.74. The van der Waals surface area contributed by atoms with Gasteiger partial charge in [0.05, 0.1) is 5.52 Å². The molecule has 31 heavy (non-hydrogen) atoms. The zero-order valence-corrected chi connectivity index (χ0v) is 16.9. The van der Waals surface area contributed by atoms with Gasteiger partial charge in [0, 0.05) is 11.1 Å². The number of carbonyl (C=O) groups is 2. The highest BCUT2D eigenvalue weighted by Crippen LogP contribution is 2.23. The van der Waals surface area contributed by atoms with E-state index in [0.717, 1.165) is 16.7 Å². The molecule has 4 aromatic rings. The molecule has 1 amide bonds. The number of nitrogens with zero attached hydrogens (tertiary/aromatic N) is 1. The van der Waals surface area contributed by atoms with E-state index in [0.29, 0.717) is 17.0 Å². The highest BCUT2D eigenvalue weighted by Gasteiger charge is 2.12. The van der Waals surface area contributed by atoms with E-state index in [1.165, 1.54) is 0 Å². The lowest BCUT2D eigenvalue weighted by molar-refractivity contribution is -0.119. The molecule has 0 radical (unpaired) electrons. The SMILES string of the molecule is Cc1ccc(Oc2ccc(NC(=O)COC(=O)c3ccc4ccccc4n3)cc2)cc1. The van der Waals surface area contributed by atoms with E-state index in [4.69, 9.17) is 9.47 Å². The maximum Gasteiger partial charge on any atom is 0.357 e. The minimum atomic E-state index is -0.650. The lowest BCUT2D eigenvalue weighted by Gasteiger charge is -2.09. The normalized spacial score (nSPS) is 10.5. The van der Waals surface area contributed by atoms with Gasteiger partial charge in [-0.2, -0.15) is 0 Å². The van der Waals surface area contributed by atoms with Gasteiger partial charge in [0.25, 0.3) is 5.91 Å². The van der Waals surface area contributed by atoms with Crippen molar-refractivity contribution in [2.24, 2.45) is 0 Å². The Hall–Kier alpha value is -4.19. The van der Waals surface area contributed by atoms with E-state index in [-0.39, 0.29) is 5.69 Å². The number of aromatic nitrogens is 1. The molecule has 0 aliphatic rings. The van der Waals surface area contributed by atoms with Crippen molar-refractivity contribution in [3.63, 3.8) is 0 Å². The first-order valence-corrected chi connectivity index (χ1v) is 9.74. The Morgan fingerprint density at radius 2 is 1.52 bits per heavy atom. The van der Waals surface area contributed by atoms with Gasteiger partial charge < -0.3 is 14.8 Å². The molecule has 3 aromatic carbocycles. The summed E-state index contributed by atoms with van der Waals surface area (Å²) in [6.45, 7) is 1.60. The van der Waals surface area contributed by atoms with Crippen molar-refractivity contribution >= 4 is 28.5 Å². The van der Waals surface area contributed by atoms with Crippen LogP contribution in [-0.4, -0.2) is 23.5 Å². The number of pyridine rings is 1. The number of nitrogens with one attached hydrogen (secondary N) is 1. The summed E-state index contributed by atoms with van der Waals surface area (Å²) >= 11 is 0. The number of aryl methyl sites for hydroxylation is 1. The summed E-state index contributed by atoms with van der Waals surface area (Å²) in [4.78, 5) is 28.6. The topological polar surface area (TPSA) is 77.5 Å². The molecule has 1 heterocycles. The second kappa shape index (κ2) is 9.09. The fraction of sp³-hybridized carbons (Fsp3) is 0.0800. The van der Waals surface area contributed by atoms with Crippen molar-refractivity contribution < 1.29 is 19.1 Å². The number of amides is 1. The Morgan fingerprint density at radius 3 is 2.26 bits per heavy atom. The molecular weight excluding hydrogens is 392 g/mol. The summed E-state index contributed by atoms with van der Waals surface area (Å²) in [6, 6.07) is 25.5. The zero-order valence-electron chi connectivity index (χ0n) is 16.9. The van der Waals surface area contributed by atoms with Crippen LogP contribution in [0.4, 0.5) is 5.69 Å². The van der Waals surface area contributed by atoms with E-state index in [9.17, 15) is 9.59 Å². The van der Waals surface area contributed by atoms with Crippen LogP contribution in [0.3, 0.4) is 0 Å². The third-order valence-corrected chi connectivity index (χ3v) is 4.54. The molecule has 0 saturated carbocycles. The van der Waals surface area contributed by atoms with Crippen LogP contribution in [0.5, 0.6) is 11.5 Å². The molecule has 0 unspecified atom stereocenters. The van der Waals surface area contributed by atoms with Crippen molar-refractivity contribution in [1.82, 2.24) is 4.98 Å². The van der Waals surface area contributed by atoms with Crippen LogP contribution in [0.15, 0.2) is 84.9 Å². The largest absolute Gasteiger partial charge is 0.457 e. The molecular formula is C25H20N2O4. The quantitative estimate of drug-likeness (QED) is 0.444. The zero-order chi connectivity index (χ0) is 21.6. The van der Waals surface area contributed by atoms with Gasteiger partial charge in [0.15, 0.2) is 6.61 Å². The van der Waals surface area contributed by atoms with Crippen LogP contribution in [0.25, 0.3) is 10.9 Å². The Kier molecular flexibility index (Phi) is 5.89. The number of hydrogen-bond acceptors (Lipinski definition) is 5.